The number of hydrogen-bond donors (Lipinski definition) is 1. The van der Waals surface area contributed by atoms with Gasteiger partial charge < -0.3 is 10.2 Å². The van der Waals surface area contributed by atoms with Gasteiger partial charge in [-0.1, -0.05) is 60.5 Å². The number of nitrogens with zero attached hydrogens (tertiary/aromatic N) is 2. The van der Waals surface area contributed by atoms with Crippen LogP contribution in [-0.4, -0.2) is 43.8 Å². The summed E-state index contributed by atoms with van der Waals surface area (Å²) in [6.07, 6.45) is 0.259. The molecule has 1 atom stereocenters. The van der Waals surface area contributed by atoms with Gasteiger partial charge in [0.2, 0.25) is 11.8 Å². The second-order valence-electron chi connectivity index (χ2n) is 9.16. The molecule has 11 heteroatoms. The number of amides is 2. The van der Waals surface area contributed by atoms with Gasteiger partial charge in [0.1, 0.15) is 18.4 Å². The molecule has 208 valence electrons. The summed E-state index contributed by atoms with van der Waals surface area (Å²) in [4.78, 5) is 28.3. The lowest BCUT2D eigenvalue weighted by molar-refractivity contribution is -0.140. The van der Waals surface area contributed by atoms with Crippen LogP contribution in [0.25, 0.3) is 0 Å². The van der Waals surface area contributed by atoms with Gasteiger partial charge >= 0.3 is 0 Å². The normalized spacial score (nSPS) is 12.2. The summed E-state index contributed by atoms with van der Waals surface area (Å²) in [5, 5.41) is 3.11. The maximum Gasteiger partial charge on any atom is 0.264 e. The van der Waals surface area contributed by atoms with Crippen LogP contribution in [0.4, 0.5) is 10.1 Å². The Morgan fingerprint density at radius 1 is 0.974 bits per heavy atom. The van der Waals surface area contributed by atoms with Gasteiger partial charge in [0.25, 0.3) is 10.0 Å². The molecule has 2 amide bonds. The molecule has 0 aliphatic rings. The monoisotopic (exact) mass is 593 g/mol. The van der Waals surface area contributed by atoms with Gasteiger partial charge in [-0.25, -0.2) is 12.8 Å². The third-order valence-corrected chi connectivity index (χ3v) is 8.20. The molecule has 0 fully saturated rings. The van der Waals surface area contributed by atoms with Crippen LogP contribution >= 0.6 is 23.2 Å². The number of hydrogen-bond acceptors (Lipinski definition) is 4. The fourth-order valence-electron chi connectivity index (χ4n) is 4.00. The van der Waals surface area contributed by atoms with E-state index in [-0.39, 0.29) is 45.5 Å². The molecule has 3 aromatic rings. The smallest absolute Gasteiger partial charge is 0.264 e. The number of carbonyl (C=O) groups is 2. The average Bonchev–Trinajstić information content (AvgIpc) is 2.89. The zero-order chi connectivity index (χ0) is 28.7. The predicted octanol–water partition coefficient (Wildman–Crippen LogP) is 5.66. The zero-order valence-electron chi connectivity index (χ0n) is 21.8. The molecule has 0 heterocycles. The molecular formula is C28H30Cl2FN3O4S. The third-order valence-electron chi connectivity index (χ3n) is 5.87. The number of nitrogens with one attached hydrogen (secondary N) is 1. The highest BCUT2D eigenvalue weighted by Crippen LogP contribution is 2.33. The molecule has 0 spiro atoms. The summed E-state index contributed by atoms with van der Waals surface area (Å²) < 4.78 is 42.1. The number of halogens is 3. The number of sulfonamides is 1. The number of benzene rings is 3. The summed E-state index contributed by atoms with van der Waals surface area (Å²) in [7, 11) is -4.28. The van der Waals surface area contributed by atoms with E-state index in [2.05, 4.69) is 5.32 Å². The van der Waals surface area contributed by atoms with Crippen molar-refractivity contribution in [2.45, 2.75) is 50.7 Å². The Labute approximate surface area is 238 Å². The van der Waals surface area contributed by atoms with Gasteiger partial charge in [0.05, 0.1) is 15.6 Å². The van der Waals surface area contributed by atoms with Gasteiger partial charge in [-0.15, -0.1) is 0 Å². The summed E-state index contributed by atoms with van der Waals surface area (Å²) in [5.74, 6) is -1.49. The summed E-state index contributed by atoms with van der Waals surface area (Å²) in [6.45, 7) is 4.63. The summed E-state index contributed by atoms with van der Waals surface area (Å²) >= 11 is 12.6. The second-order valence-corrected chi connectivity index (χ2v) is 11.9. The SMILES string of the molecule is CC[C@@H](C(=O)NC(C)C)N(Cc1ccc(F)cc1)C(=O)CN(c1cc(Cl)ccc1Cl)S(=O)(=O)c1ccccc1. The maximum absolute atomic E-state index is 14.0. The molecule has 0 aliphatic heterocycles. The second kappa shape index (κ2) is 13.3. The van der Waals surface area contributed by atoms with Crippen LogP contribution in [0.15, 0.2) is 77.7 Å². The molecule has 0 bridgehead atoms. The van der Waals surface area contributed by atoms with Crippen LogP contribution in [-0.2, 0) is 26.2 Å². The number of rotatable bonds is 11. The number of anilines is 1. The predicted molar refractivity (Wildman–Crippen MR) is 152 cm³/mol. The molecule has 1 N–H and O–H groups in total. The average molecular weight is 595 g/mol. The Morgan fingerprint density at radius 2 is 1.62 bits per heavy atom. The van der Waals surface area contributed by atoms with Gasteiger partial charge in [0, 0.05) is 17.6 Å². The van der Waals surface area contributed by atoms with Crippen molar-refractivity contribution in [2.24, 2.45) is 0 Å². The molecular weight excluding hydrogens is 564 g/mol. The first-order valence-electron chi connectivity index (χ1n) is 12.3. The number of carbonyl (C=O) groups excluding carboxylic acids is 2. The highest BCUT2D eigenvalue weighted by atomic mass is 35.5. The van der Waals surface area contributed by atoms with Crippen LogP contribution < -0.4 is 9.62 Å². The van der Waals surface area contributed by atoms with E-state index in [0.29, 0.717) is 5.56 Å². The van der Waals surface area contributed by atoms with Gasteiger partial charge in [-0.3, -0.25) is 13.9 Å². The first-order chi connectivity index (χ1) is 18.4. The first kappa shape index (κ1) is 30.4. The lowest BCUT2D eigenvalue weighted by atomic mass is 10.1. The van der Waals surface area contributed by atoms with E-state index in [1.54, 1.807) is 39.0 Å². The van der Waals surface area contributed by atoms with Crippen LogP contribution in [0.5, 0.6) is 0 Å². The molecule has 0 unspecified atom stereocenters. The van der Waals surface area contributed by atoms with Gasteiger partial charge in [-0.2, -0.15) is 0 Å². The molecule has 3 aromatic carbocycles. The minimum absolute atomic E-state index is 0.0165. The van der Waals surface area contributed by atoms with E-state index < -0.39 is 34.3 Å². The fourth-order valence-corrected chi connectivity index (χ4v) is 5.88. The van der Waals surface area contributed by atoms with E-state index in [4.69, 9.17) is 23.2 Å². The Kier molecular flexibility index (Phi) is 10.4. The Morgan fingerprint density at radius 3 is 2.21 bits per heavy atom. The summed E-state index contributed by atoms with van der Waals surface area (Å²) in [6, 6.07) is 16.4. The van der Waals surface area contributed by atoms with Crippen LogP contribution in [0, 0.1) is 5.82 Å². The molecule has 0 aliphatic carbocycles. The van der Waals surface area contributed by atoms with E-state index in [1.165, 1.54) is 59.5 Å². The molecule has 0 radical (unpaired) electrons. The van der Waals surface area contributed by atoms with Crippen molar-refractivity contribution in [1.82, 2.24) is 10.2 Å². The van der Waals surface area contributed by atoms with E-state index in [1.807, 2.05) is 0 Å². The quantitative estimate of drug-likeness (QED) is 0.311. The van der Waals surface area contributed by atoms with Gasteiger partial charge in [-0.05, 0) is 68.3 Å². The Bertz CT molecular complexity index is 1400. The fraction of sp³-hybridized carbons (Fsp3) is 0.286. The van der Waals surface area contributed by atoms with Crippen molar-refractivity contribution < 1.29 is 22.4 Å². The highest BCUT2D eigenvalue weighted by molar-refractivity contribution is 7.92. The third kappa shape index (κ3) is 7.71. The van der Waals surface area contributed by atoms with Crippen molar-refractivity contribution in [3.8, 4) is 0 Å². The van der Waals surface area contributed by atoms with E-state index in [0.717, 1.165) is 4.31 Å². The van der Waals surface area contributed by atoms with Crippen molar-refractivity contribution in [1.29, 1.82) is 0 Å². The van der Waals surface area contributed by atoms with Crippen LogP contribution in [0.2, 0.25) is 10.0 Å². The highest BCUT2D eigenvalue weighted by Gasteiger charge is 2.34. The summed E-state index contributed by atoms with van der Waals surface area (Å²) in [5.41, 5.74) is 0.585. The first-order valence-corrected chi connectivity index (χ1v) is 14.5. The molecule has 7 nitrogen and oxygen atoms in total. The minimum Gasteiger partial charge on any atom is -0.352 e. The standard InChI is InChI=1S/C28H30Cl2FN3O4S/c1-4-25(28(36)32-19(2)3)33(17-20-10-13-22(31)14-11-20)27(35)18-34(26-16-21(29)12-15-24(26)30)39(37,38)23-8-6-5-7-9-23/h5-16,19,25H,4,17-18H2,1-3H3,(H,32,36)/t25-/m0/s1. The topological polar surface area (TPSA) is 86.8 Å². The molecule has 3 rings (SSSR count). The molecule has 0 saturated heterocycles. The van der Waals surface area contributed by atoms with E-state index >= 15 is 0 Å². The lowest BCUT2D eigenvalue weighted by Crippen LogP contribution is -2.53. The molecule has 0 aromatic heterocycles. The van der Waals surface area contributed by atoms with E-state index in [9.17, 15) is 22.4 Å². The van der Waals surface area contributed by atoms with Crippen LogP contribution in [0.3, 0.4) is 0 Å². The maximum atomic E-state index is 14.0. The van der Waals surface area contributed by atoms with Crippen LogP contribution in [0.1, 0.15) is 32.8 Å². The van der Waals surface area contributed by atoms with Crippen molar-refractivity contribution in [3.05, 3.63) is 94.2 Å². The zero-order valence-corrected chi connectivity index (χ0v) is 24.1. The van der Waals surface area contributed by atoms with Crippen molar-refractivity contribution in [2.75, 3.05) is 10.8 Å². The Balaban J connectivity index is 2.09. The largest absolute Gasteiger partial charge is 0.352 e. The molecule has 0 saturated carbocycles. The molecule has 39 heavy (non-hydrogen) atoms. The minimum atomic E-state index is -4.28. The van der Waals surface area contributed by atoms with Crippen molar-refractivity contribution >= 4 is 50.7 Å². The van der Waals surface area contributed by atoms with Crippen molar-refractivity contribution in [3.63, 3.8) is 0 Å². The lowest BCUT2D eigenvalue weighted by Gasteiger charge is -2.33. The van der Waals surface area contributed by atoms with Gasteiger partial charge in [0.15, 0.2) is 0 Å². The Hall–Kier alpha value is -3.14.